The van der Waals surface area contributed by atoms with E-state index in [1.807, 2.05) is 36.4 Å². The van der Waals surface area contributed by atoms with Gasteiger partial charge in [0.2, 0.25) is 5.91 Å². The number of carbonyl (C=O) groups is 2. The van der Waals surface area contributed by atoms with Crippen LogP contribution in [0.25, 0.3) is 0 Å². The summed E-state index contributed by atoms with van der Waals surface area (Å²) in [6.45, 7) is 1.61. The summed E-state index contributed by atoms with van der Waals surface area (Å²) in [5.41, 5.74) is 3.00. The summed E-state index contributed by atoms with van der Waals surface area (Å²) < 4.78 is 0. The maximum atomic E-state index is 11.7. The number of hydrogen-bond donors (Lipinski definition) is 1. The van der Waals surface area contributed by atoms with Crippen LogP contribution in [0.15, 0.2) is 48.8 Å². The van der Waals surface area contributed by atoms with Crippen LogP contribution in [0.4, 0.5) is 5.69 Å². The Morgan fingerprint density at radius 2 is 1.64 bits per heavy atom. The Kier molecular flexibility index (Phi) is 5.25. The Morgan fingerprint density at radius 3 is 2.18 bits per heavy atom. The van der Waals surface area contributed by atoms with Crippen molar-refractivity contribution in [2.24, 2.45) is 0 Å². The number of benzene rings is 1. The van der Waals surface area contributed by atoms with Gasteiger partial charge in [0.15, 0.2) is 0 Å². The van der Waals surface area contributed by atoms with E-state index in [4.69, 9.17) is 5.11 Å². The summed E-state index contributed by atoms with van der Waals surface area (Å²) in [6.07, 6.45) is 4.23. The lowest BCUT2D eigenvalue weighted by atomic mass is 10.1. The highest BCUT2D eigenvalue weighted by Crippen LogP contribution is 2.18. The Bertz CT molecular complexity index is 639. The van der Waals surface area contributed by atoms with E-state index in [-0.39, 0.29) is 18.9 Å². The number of aliphatic carboxylic acids is 1. The smallest absolute Gasteiger partial charge is 0.305 e. The number of pyridine rings is 1. The van der Waals surface area contributed by atoms with E-state index >= 15 is 0 Å². The van der Waals surface area contributed by atoms with Crippen molar-refractivity contribution in [1.82, 2.24) is 4.98 Å². The molecule has 0 unspecified atom stereocenters. The fraction of sp³-hybridized carbons (Fsp3) is 0.235. The molecule has 1 amide bonds. The molecule has 0 saturated carbocycles. The Morgan fingerprint density at radius 1 is 1.05 bits per heavy atom. The molecule has 0 bridgehead atoms. The highest BCUT2D eigenvalue weighted by atomic mass is 16.4. The van der Waals surface area contributed by atoms with E-state index in [1.54, 1.807) is 12.4 Å². The van der Waals surface area contributed by atoms with Crippen LogP contribution in [-0.2, 0) is 16.0 Å². The second-order valence-electron chi connectivity index (χ2n) is 5.01. The number of anilines is 1. The first-order valence-electron chi connectivity index (χ1n) is 7.04. The molecule has 0 saturated heterocycles. The molecule has 0 aliphatic heterocycles. The molecule has 1 aromatic heterocycles. The van der Waals surface area contributed by atoms with Gasteiger partial charge >= 0.3 is 5.97 Å². The van der Waals surface area contributed by atoms with Crippen molar-refractivity contribution in [1.29, 1.82) is 0 Å². The molecule has 114 valence electrons. The van der Waals surface area contributed by atoms with Gasteiger partial charge in [0.25, 0.3) is 0 Å². The second-order valence-corrected chi connectivity index (χ2v) is 5.01. The van der Waals surface area contributed by atoms with Crippen molar-refractivity contribution in [3.63, 3.8) is 0 Å². The van der Waals surface area contributed by atoms with Crippen LogP contribution < -0.4 is 4.90 Å². The van der Waals surface area contributed by atoms with E-state index < -0.39 is 5.97 Å². The van der Waals surface area contributed by atoms with E-state index in [2.05, 4.69) is 4.98 Å². The zero-order valence-electron chi connectivity index (χ0n) is 12.4. The number of hydrogen-bond acceptors (Lipinski definition) is 3. The van der Waals surface area contributed by atoms with Gasteiger partial charge in [-0.05, 0) is 41.8 Å². The highest BCUT2D eigenvalue weighted by Gasteiger charge is 2.12. The molecule has 5 heteroatoms. The Labute approximate surface area is 129 Å². The average Bonchev–Trinajstić information content (AvgIpc) is 2.49. The number of carboxylic acid groups (broad SMARTS) is 1. The molecule has 2 aromatic rings. The maximum absolute atomic E-state index is 11.7. The largest absolute Gasteiger partial charge is 0.481 e. The molecular weight excluding hydrogens is 280 g/mol. The Hall–Kier alpha value is -2.69. The van der Waals surface area contributed by atoms with Gasteiger partial charge in [-0.3, -0.25) is 14.6 Å². The van der Waals surface area contributed by atoms with E-state index in [0.717, 1.165) is 17.5 Å². The number of carboxylic acids is 1. The third-order valence-electron chi connectivity index (χ3n) is 3.34. The van der Waals surface area contributed by atoms with E-state index in [9.17, 15) is 9.59 Å². The lowest BCUT2D eigenvalue weighted by molar-refractivity contribution is -0.136. The third-order valence-corrected chi connectivity index (χ3v) is 3.34. The molecule has 5 nitrogen and oxygen atoms in total. The van der Waals surface area contributed by atoms with Gasteiger partial charge in [0.1, 0.15) is 0 Å². The monoisotopic (exact) mass is 298 g/mol. The molecule has 0 aliphatic carbocycles. The predicted molar refractivity (Wildman–Crippen MR) is 83.8 cm³/mol. The van der Waals surface area contributed by atoms with Gasteiger partial charge < -0.3 is 10.0 Å². The summed E-state index contributed by atoms with van der Waals surface area (Å²) >= 11 is 0. The quantitative estimate of drug-likeness (QED) is 0.889. The summed E-state index contributed by atoms with van der Waals surface area (Å²) in [4.78, 5) is 27.8. The van der Waals surface area contributed by atoms with Crippen molar-refractivity contribution < 1.29 is 14.7 Å². The van der Waals surface area contributed by atoms with Gasteiger partial charge in [-0.25, -0.2) is 0 Å². The van der Waals surface area contributed by atoms with Gasteiger partial charge in [-0.1, -0.05) is 12.1 Å². The van der Waals surface area contributed by atoms with Crippen LogP contribution in [0.5, 0.6) is 0 Å². The van der Waals surface area contributed by atoms with Crippen LogP contribution >= 0.6 is 0 Å². The molecule has 1 heterocycles. The minimum atomic E-state index is -0.916. The maximum Gasteiger partial charge on any atom is 0.305 e. The number of aromatic nitrogens is 1. The zero-order chi connectivity index (χ0) is 15.9. The molecular formula is C17H18N2O3. The highest BCUT2D eigenvalue weighted by molar-refractivity contribution is 5.92. The van der Waals surface area contributed by atoms with Gasteiger partial charge in [-0.2, -0.15) is 0 Å². The van der Waals surface area contributed by atoms with E-state index in [0.29, 0.717) is 5.69 Å². The number of rotatable bonds is 6. The first-order chi connectivity index (χ1) is 10.6. The van der Waals surface area contributed by atoms with Crippen LogP contribution in [0.1, 0.15) is 24.5 Å². The molecule has 0 atom stereocenters. The van der Waals surface area contributed by atoms with Crippen molar-refractivity contribution in [3.05, 3.63) is 59.9 Å². The first kappa shape index (κ1) is 15.7. The molecule has 1 aromatic carbocycles. The summed E-state index contributed by atoms with van der Waals surface area (Å²) in [5, 5.41) is 8.76. The van der Waals surface area contributed by atoms with Gasteiger partial charge in [0.05, 0.1) is 6.42 Å². The molecule has 0 aliphatic rings. The van der Waals surface area contributed by atoms with Crippen molar-refractivity contribution in [2.45, 2.75) is 19.8 Å². The first-order valence-corrected chi connectivity index (χ1v) is 7.04. The van der Waals surface area contributed by atoms with Crippen LogP contribution in [0, 0.1) is 0 Å². The van der Waals surface area contributed by atoms with Crippen LogP contribution in [0.2, 0.25) is 0 Å². The average molecular weight is 298 g/mol. The molecule has 0 spiro atoms. The number of nitrogens with zero attached hydrogens (tertiary/aromatic N) is 2. The Balaban J connectivity index is 2.09. The molecule has 1 N–H and O–H groups in total. The van der Waals surface area contributed by atoms with Crippen molar-refractivity contribution >= 4 is 17.6 Å². The van der Waals surface area contributed by atoms with Crippen molar-refractivity contribution in [2.75, 3.05) is 11.4 Å². The topological polar surface area (TPSA) is 70.5 Å². The standard InChI is InChI=1S/C17H18N2O3/c1-13(20)19(11-8-17(21)22)16-4-2-14(3-5-16)12-15-6-9-18-10-7-15/h2-7,9-10H,8,11-12H2,1H3,(H,21,22). The molecule has 0 fully saturated rings. The lowest BCUT2D eigenvalue weighted by Crippen LogP contribution is -2.30. The molecule has 0 radical (unpaired) electrons. The lowest BCUT2D eigenvalue weighted by Gasteiger charge is -2.20. The zero-order valence-corrected chi connectivity index (χ0v) is 12.4. The molecule has 2 rings (SSSR count). The second kappa shape index (κ2) is 7.36. The fourth-order valence-electron chi connectivity index (χ4n) is 2.21. The third kappa shape index (κ3) is 4.41. The fourth-order valence-corrected chi connectivity index (χ4v) is 2.21. The van der Waals surface area contributed by atoms with Gasteiger partial charge in [-0.15, -0.1) is 0 Å². The van der Waals surface area contributed by atoms with Crippen molar-refractivity contribution in [3.8, 4) is 0 Å². The summed E-state index contributed by atoms with van der Waals surface area (Å²) in [5.74, 6) is -1.08. The minimum Gasteiger partial charge on any atom is -0.481 e. The SMILES string of the molecule is CC(=O)N(CCC(=O)O)c1ccc(Cc2ccncc2)cc1. The summed E-state index contributed by atoms with van der Waals surface area (Å²) in [6, 6.07) is 11.5. The predicted octanol–water partition coefficient (Wildman–Crippen LogP) is 2.50. The number of carbonyl (C=O) groups excluding carboxylic acids is 1. The van der Waals surface area contributed by atoms with Gasteiger partial charge in [0, 0.05) is 31.5 Å². The summed E-state index contributed by atoms with van der Waals surface area (Å²) in [7, 11) is 0. The van der Waals surface area contributed by atoms with Crippen LogP contribution in [0.3, 0.4) is 0 Å². The minimum absolute atomic E-state index is 0.0711. The van der Waals surface area contributed by atoms with Crippen LogP contribution in [-0.4, -0.2) is 28.5 Å². The van der Waals surface area contributed by atoms with E-state index in [1.165, 1.54) is 11.8 Å². The normalized spacial score (nSPS) is 10.2. The molecule has 22 heavy (non-hydrogen) atoms. The number of amides is 1.